The number of hydrogen-bond acceptors (Lipinski definition) is 7. The first-order valence-electron chi connectivity index (χ1n) is 9.55. The maximum atomic E-state index is 12.8. The van der Waals surface area contributed by atoms with Crippen molar-refractivity contribution < 1.29 is 26.3 Å². The molecule has 2 aromatic heterocycles. The molecular formula is C21H20N4O6S2. The molecule has 0 fully saturated rings. The van der Waals surface area contributed by atoms with Gasteiger partial charge in [0.15, 0.2) is 11.5 Å². The maximum Gasteiger partial charge on any atom is 0.261 e. The summed E-state index contributed by atoms with van der Waals surface area (Å²) in [5.74, 6) is 0.700. The molecule has 0 unspecified atom stereocenters. The number of imidazole rings is 1. The van der Waals surface area contributed by atoms with Crippen LogP contribution in [0.5, 0.6) is 11.5 Å². The molecule has 0 spiro atoms. The molecule has 2 heterocycles. The lowest BCUT2D eigenvalue weighted by atomic mass is 10.3. The third kappa shape index (κ3) is 5.08. The highest BCUT2D eigenvalue weighted by Crippen LogP contribution is 2.32. The van der Waals surface area contributed by atoms with Gasteiger partial charge in [-0.25, -0.2) is 27.0 Å². The zero-order valence-corrected chi connectivity index (χ0v) is 19.0. The predicted octanol–water partition coefficient (Wildman–Crippen LogP) is 2.37. The second-order valence-electron chi connectivity index (χ2n) is 6.98. The fourth-order valence-corrected chi connectivity index (χ4v) is 4.82. The number of sulfonamides is 2. The summed E-state index contributed by atoms with van der Waals surface area (Å²) in [6, 6.07) is 14.9. The van der Waals surface area contributed by atoms with Gasteiger partial charge in [0.1, 0.15) is 12.3 Å². The molecule has 0 saturated carbocycles. The van der Waals surface area contributed by atoms with E-state index < -0.39 is 20.0 Å². The van der Waals surface area contributed by atoms with Gasteiger partial charge in [-0.15, -0.1) is 0 Å². The molecule has 0 radical (unpaired) electrons. The summed E-state index contributed by atoms with van der Waals surface area (Å²) in [6.45, 7) is 0.130. The van der Waals surface area contributed by atoms with Crippen molar-refractivity contribution in [3.63, 3.8) is 0 Å². The first-order chi connectivity index (χ1) is 15.7. The number of nitrogens with one attached hydrogen (secondary N) is 1. The Balaban J connectivity index is 1.57. The monoisotopic (exact) mass is 488 g/mol. The Hall–Kier alpha value is -3.61. The number of methoxy groups -OCH3 is 1. The molecule has 0 amide bonds. The minimum absolute atomic E-state index is 0.130. The van der Waals surface area contributed by atoms with E-state index >= 15 is 0 Å². The smallest absolute Gasteiger partial charge is 0.261 e. The first kappa shape index (κ1) is 22.6. The van der Waals surface area contributed by atoms with Gasteiger partial charge in [-0.2, -0.15) is 0 Å². The Morgan fingerprint density at radius 2 is 1.76 bits per heavy atom. The van der Waals surface area contributed by atoms with E-state index in [1.807, 2.05) is 35.0 Å². The largest absolute Gasteiger partial charge is 0.493 e. The van der Waals surface area contributed by atoms with E-state index in [2.05, 4.69) is 9.71 Å². The van der Waals surface area contributed by atoms with Crippen LogP contribution in [0.25, 0.3) is 5.65 Å². The summed E-state index contributed by atoms with van der Waals surface area (Å²) in [6.07, 6.45) is 3.69. The fraction of sp³-hybridized carbons (Fsp3) is 0.0952. The summed E-state index contributed by atoms with van der Waals surface area (Å²) in [7, 11) is -6.69. The van der Waals surface area contributed by atoms with Crippen molar-refractivity contribution in [3.8, 4) is 11.5 Å². The number of nitrogens with two attached hydrogens (primary N) is 1. The highest BCUT2D eigenvalue weighted by molar-refractivity contribution is 7.93. The second-order valence-corrected chi connectivity index (χ2v) is 10.2. The molecule has 0 aliphatic rings. The van der Waals surface area contributed by atoms with E-state index in [0.717, 1.165) is 11.7 Å². The Morgan fingerprint density at radius 1 is 0.970 bits per heavy atom. The van der Waals surface area contributed by atoms with Gasteiger partial charge in [0.05, 0.1) is 28.3 Å². The molecule has 12 heteroatoms. The van der Waals surface area contributed by atoms with E-state index in [0.29, 0.717) is 17.2 Å². The van der Waals surface area contributed by atoms with Crippen molar-refractivity contribution in [1.29, 1.82) is 0 Å². The zero-order chi connectivity index (χ0) is 23.6. The average Bonchev–Trinajstić information content (AvgIpc) is 3.20. The number of nitrogens with zero attached hydrogens (tertiary/aromatic N) is 2. The van der Waals surface area contributed by atoms with Crippen molar-refractivity contribution in [3.05, 3.63) is 78.8 Å². The molecule has 4 rings (SSSR count). The fourth-order valence-electron chi connectivity index (χ4n) is 3.09. The normalized spacial score (nSPS) is 11.9. The SMILES string of the molecule is COc1ccc(NS(=O)(=O)c2cccc(S(N)(=O)=O)c2)cc1OCc1cn2ccccc2n1. The summed E-state index contributed by atoms with van der Waals surface area (Å²) in [5, 5.41) is 5.10. The summed E-state index contributed by atoms with van der Waals surface area (Å²) < 4.78 is 64.1. The van der Waals surface area contributed by atoms with Crippen molar-refractivity contribution in [1.82, 2.24) is 9.38 Å². The van der Waals surface area contributed by atoms with Gasteiger partial charge in [0, 0.05) is 18.5 Å². The number of fused-ring (bicyclic) bond motifs is 1. The van der Waals surface area contributed by atoms with Gasteiger partial charge in [0.2, 0.25) is 10.0 Å². The summed E-state index contributed by atoms with van der Waals surface area (Å²) in [4.78, 5) is 3.90. The van der Waals surface area contributed by atoms with Crippen molar-refractivity contribution in [2.45, 2.75) is 16.4 Å². The molecule has 0 bridgehead atoms. The third-order valence-corrected chi connectivity index (χ3v) is 6.94. The van der Waals surface area contributed by atoms with Crippen LogP contribution in [0.3, 0.4) is 0 Å². The van der Waals surface area contributed by atoms with Crippen LogP contribution in [0, 0.1) is 0 Å². The predicted molar refractivity (Wildman–Crippen MR) is 121 cm³/mol. The molecule has 0 saturated heterocycles. The molecule has 10 nitrogen and oxygen atoms in total. The number of anilines is 1. The number of rotatable bonds is 8. The molecule has 0 aliphatic heterocycles. The Kier molecular flexibility index (Phi) is 5.97. The van der Waals surface area contributed by atoms with Crippen LogP contribution in [0.4, 0.5) is 5.69 Å². The number of hydrogen-bond donors (Lipinski definition) is 2. The van der Waals surface area contributed by atoms with Gasteiger partial charge in [-0.1, -0.05) is 12.1 Å². The molecule has 33 heavy (non-hydrogen) atoms. The van der Waals surface area contributed by atoms with Crippen LogP contribution < -0.4 is 19.3 Å². The molecule has 0 aliphatic carbocycles. The van der Waals surface area contributed by atoms with Crippen LogP contribution in [0.2, 0.25) is 0 Å². The van der Waals surface area contributed by atoms with Crippen LogP contribution in [-0.4, -0.2) is 33.3 Å². The van der Waals surface area contributed by atoms with Gasteiger partial charge in [0.25, 0.3) is 10.0 Å². The lowest BCUT2D eigenvalue weighted by Crippen LogP contribution is -2.16. The highest BCUT2D eigenvalue weighted by atomic mass is 32.2. The van der Waals surface area contributed by atoms with Crippen molar-refractivity contribution in [2.75, 3.05) is 11.8 Å². The minimum atomic E-state index is -4.10. The first-order valence-corrected chi connectivity index (χ1v) is 12.6. The van der Waals surface area contributed by atoms with E-state index in [1.165, 1.54) is 37.4 Å². The number of aromatic nitrogens is 2. The van der Waals surface area contributed by atoms with E-state index in [1.54, 1.807) is 6.07 Å². The third-order valence-electron chi connectivity index (χ3n) is 4.65. The van der Waals surface area contributed by atoms with E-state index in [4.69, 9.17) is 14.6 Å². The second kappa shape index (κ2) is 8.73. The molecule has 172 valence electrons. The number of pyridine rings is 1. The quantitative estimate of drug-likeness (QED) is 0.388. The van der Waals surface area contributed by atoms with Gasteiger partial charge >= 0.3 is 0 Å². The number of benzene rings is 2. The standard InChI is InChI=1S/C21H20N4O6S2/c1-30-19-9-8-15(24-33(28,29)18-6-4-5-17(12-18)32(22,26)27)11-20(19)31-14-16-13-25-10-3-2-7-21(25)23-16/h2-13,24H,14H2,1H3,(H2,22,26,27). The van der Waals surface area contributed by atoms with Gasteiger partial charge in [-0.3, -0.25) is 4.72 Å². The summed E-state index contributed by atoms with van der Waals surface area (Å²) in [5.41, 5.74) is 1.64. The summed E-state index contributed by atoms with van der Waals surface area (Å²) >= 11 is 0. The number of ether oxygens (including phenoxy) is 2. The van der Waals surface area contributed by atoms with Crippen LogP contribution >= 0.6 is 0 Å². The highest BCUT2D eigenvalue weighted by Gasteiger charge is 2.19. The molecule has 0 atom stereocenters. The molecule has 4 aromatic rings. The van der Waals surface area contributed by atoms with Crippen molar-refractivity contribution in [2.24, 2.45) is 5.14 Å². The molecule has 3 N–H and O–H groups in total. The van der Waals surface area contributed by atoms with Gasteiger partial charge < -0.3 is 13.9 Å². The lowest BCUT2D eigenvalue weighted by molar-refractivity contribution is 0.281. The molecule has 2 aromatic carbocycles. The van der Waals surface area contributed by atoms with Crippen LogP contribution in [0.15, 0.2) is 82.8 Å². The van der Waals surface area contributed by atoms with Crippen molar-refractivity contribution >= 4 is 31.4 Å². The number of primary sulfonamides is 1. The van der Waals surface area contributed by atoms with Crippen LogP contribution in [-0.2, 0) is 26.7 Å². The Labute approximate surface area is 190 Å². The average molecular weight is 489 g/mol. The zero-order valence-electron chi connectivity index (χ0n) is 17.4. The topological polar surface area (TPSA) is 142 Å². The maximum absolute atomic E-state index is 12.8. The van der Waals surface area contributed by atoms with E-state index in [9.17, 15) is 16.8 Å². The minimum Gasteiger partial charge on any atom is -0.493 e. The van der Waals surface area contributed by atoms with Crippen LogP contribution in [0.1, 0.15) is 5.69 Å². The van der Waals surface area contributed by atoms with Gasteiger partial charge in [-0.05, 0) is 42.5 Å². The lowest BCUT2D eigenvalue weighted by Gasteiger charge is -2.13. The van der Waals surface area contributed by atoms with E-state index in [-0.39, 0.29) is 22.1 Å². The Bertz CT molecular complexity index is 1500. The molecular weight excluding hydrogens is 468 g/mol. The Morgan fingerprint density at radius 3 is 2.48 bits per heavy atom.